The number of carboxylic acids is 2. The molecule has 0 saturated heterocycles. The predicted octanol–water partition coefficient (Wildman–Crippen LogP) is 2.64. The van der Waals surface area contributed by atoms with Gasteiger partial charge < -0.3 is 43.1 Å². The highest BCUT2D eigenvalue weighted by molar-refractivity contribution is 8.29. The molecule has 10 rings (SSSR count). The Bertz CT molecular complexity index is 5350. The summed E-state index contributed by atoms with van der Waals surface area (Å²) in [6.45, 7) is 32.6. The van der Waals surface area contributed by atoms with Crippen LogP contribution in [0.25, 0.3) is 0 Å². The van der Waals surface area contributed by atoms with Gasteiger partial charge in [-0.3, -0.25) is 9.00 Å². The lowest BCUT2D eigenvalue weighted by Crippen LogP contribution is -3.61. The van der Waals surface area contributed by atoms with Crippen LogP contribution >= 0.6 is 0 Å². The number of carbonyl (C=O) groups is 3. The van der Waals surface area contributed by atoms with Gasteiger partial charge in [-0.2, -0.15) is 39.2 Å². The first-order valence-corrected chi connectivity index (χ1v) is 48.3. The number of carbonyl (C=O) groups excluding carboxylic acids is 3. The highest BCUT2D eigenvalue weighted by Gasteiger charge is 2.37. The Hall–Kier alpha value is -7.76. The van der Waals surface area contributed by atoms with Crippen molar-refractivity contribution in [3.63, 3.8) is 0 Å². The second-order valence-corrected chi connectivity index (χ2v) is 43.2. The van der Waals surface area contributed by atoms with E-state index in [4.69, 9.17) is 41.5 Å². The molecule has 1 heterocycles. The van der Waals surface area contributed by atoms with Crippen molar-refractivity contribution >= 4 is 84.0 Å². The number of aryl methyl sites for hydroxylation is 4. The molecule has 0 amide bonds. The van der Waals surface area contributed by atoms with Gasteiger partial charge in [0.1, 0.15) is 32.2 Å². The maximum Gasteiger partial charge on any atom is 0.485 e. The fourth-order valence-corrected chi connectivity index (χ4v) is 17.8. The van der Waals surface area contributed by atoms with Crippen molar-refractivity contribution in [3.05, 3.63) is 288 Å². The van der Waals surface area contributed by atoms with Crippen LogP contribution in [0.15, 0.2) is 236 Å². The summed E-state index contributed by atoms with van der Waals surface area (Å²) < 4.78 is 244. The molecule has 24 nitrogen and oxygen atoms in total. The largest absolute Gasteiger partial charge is 0.858 e. The Morgan fingerprint density at radius 1 is 0.467 bits per heavy atom. The Morgan fingerprint density at radius 2 is 0.783 bits per heavy atom. The van der Waals surface area contributed by atoms with Crippen LogP contribution in [-0.2, 0) is 80.8 Å². The van der Waals surface area contributed by atoms with E-state index in [1.54, 1.807) is 74.5 Å². The van der Waals surface area contributed by atoms with E-state index in [0.717, 1.165) is 11.1 Å². The predicted molar refractivity (Wildman–Crippen MR) is 412 cm³/mol. The van der Waals surface area contributed by atoms with Crippen LogP contribution in [0.4, 0.5) is 26.3 Å². The number of carboxylic acid groups (broad SMARTS) is 2. The minimum Gasteiger partial charge on any atom is -0.858 e. The van der Waals surface area contributed by atoms with Crippen molar-refractivity contribution in [2.45, 2.75) is 171 Å². The molecule has 1 aliphatic heterocycles. The highest BCUT2D eigenvalue weighted by Crippen LogP contribution is 2.35. The minimum absolute atomic E-state index is 0.00919. The summed E-state index contributed by atoms with van der Waals surface area (Å²) in [4.78, 5) is 29.6. The topological polar surface area (TPSA) is 471 Å². The van der Waals surface area contributed by atoms with Crippen molar-refractivity contribution in [2.24, 2.45) is 4.40 Å². The first-order valence-electron chi connectivity index (χ1n) is 34.7. The van der Waals surface area contributed by atoms with E-state index in [2.05, 4.69) is 181 Å². The van der Waals surface area contributed by atoms with Crippen LogP contribution in [0.3, 0.4) is 0 Å². The third-order valence-electron chi connectivity index (χ3n) is 15.2. The summed E-state index contributed by atoms with van der Waals surface area (Å²) in [6, 6.07) is 66.8. The molecule has 0 N–H and O–H groups in total. The smallest absolute Gasteiger partial charge is 0.485 e. The maximum atomic E-state index is 11.6. The van der Waals surface area contributed by atoms with E-state index in [0.29, 0.717) is 28.2 Å². The summed E-state index contributed by atoms with van der Waals surface area (Å²) in [6.07, 6.45) is -5.19. The second-order valence-electron chi connectivity index (χ2n) is 28.1. The minimum atomic E-state index is -6.09. The molecule has 0 radical (unpaired) electrons. The monoisotopic (exact) mass is 2040 g/mol. The second kappa shape index (κ2) is 47.8. The van der Waals surface area contributed by atoms with E-state index in [-0.39, 0.29) is 95.8 Å². The van der Waals surface area contributed by atoms with Crippen LogP contribution in [0.1, 0.15) is 167 Å². The summed E-state index contributed by atoms with van der Waals surface area (Å²) in [5.74, 6) is -6.01. The zero-order valence-corrected chi connectivity index (χ0v) is 77.1. The molecule has 9 aromatic carbocycles. The van der Waals surface area contributed by atoms with E-state index >= 15 is 0 Å². The molecule has 1 atom stereocenters. The number of alkyl halides is 6. The summed E-state index contributed by atoms with van der Waals surface area (Å²) in [5.41, 5.74) is 3.69. The van der Waals surface area contributed by atoms with Gasteiger partial charge in [-0.15, -0.1) is 10.2 Å². The number of Topliss-reactive ketones (excluding diaryl/α,β-unsaturated/α-hetero) is 1. The number of sulfonamides is 1. The van der Waals surface area contributed by atoms with Gasteiger partial charge in [0.25, 0.3) is 10.0 Å². The van der Waals surface area contributed by atoms with Crippen LogP contribution in [0, 0.1) is 52.2 Å². The van der Waals surface area contributed by atoms with Crippen molar-refractivity contribution in [1.29, 1.82) is 0 Å². The maximum absolute atomic E-state index is 11.6. The summed E-state index contributed by atoms with van der Waals surface area (Å²) >= 11 is 4.17. The van der Waals surface area contributed by atoms with Gasteiger partial charge in [-0.1, -0.05) is 240 Å². The fourth-order valence-electron chi connectivity index (χ4n) is 9.46. The van der Waals surface area contributed by atoms with E-state index in [1.807, 2.05) is 46.8 Å². The van der Waals surface area contributed by atoms with Crippen molar-refractivity contribution in [2.75, 3.05) is 0 Å². The first-order chi connectivity index (χ1) is 54.5. The van der Waals surface area contributed by atoms with Crippen LogP contribution in [-0.4, -0.2) is 91.4 Å². The van der Waals surface area contributed by atoms with Gasteiger partial charge in [0.05, 0.1) is 14.7 Å². The lowest BCUT2D eigenvalue weighted by molar-refractivity contribution is -2.00. The van der Waals surface area contributed by atoms with Gasteiger partial charge in [0, 0.05) is 21.9 Å². The molecule has 0 saturated carbocycles. The Morgan fingerprint density at radius 3 is 1.07 bits per heavy atom. The Labute approximate surface area is 724 Å². The number of ketones is 1. The van der Waals surface area contributed by atoms with E-state index in [9.17, 15) is 89.3 Å². The molecule has 9 aromatic rings. The molecule has 39 heteroatoms. The third kappa shape index (κ3) is 41.9. The standard InChI is InChI=1S/C20H26I.C15H24O3S.C13H12I.C9H12O3S.C8H6O3.C7H5NO3S.C6H6O2S2.C2HF3O2.CHF3O3S.ClHO4/c1-19(2,3)15-7-11-17(12-8-15)21-18-13-9-16(10-14-18)20(4,5)6;1-9(2)12-7-13(10(3)4)15(19(16,17)18)14(8-12)11(5)6;1-11-7-9-13(10-8-11)14-12-5-3-2-4-6-12;1-6-4-7(2)9(8(3)5-6)13(10,11)12;9-7(8(10)11)6-4-2-1-3-5-6;9-7-5-3-1-2-4-6(5)12(10,11)8-7;7-10(8,9)6-4-2-1-3-5-6;3-2(4,5)1(6)7;2-1(3,4)8(5,6)7;2-1(3,4)5/h7-14H,1-6H3;7-11H,1-6H3,(H,16,17,18);2-10H,1H3;4-5H,1-3H3,(H,10,11,12);1-5H,(H,10,11);1-4H,(H,8,9);1-5H,(H,7,8,9);(H,6,7);(H,5,6,7);(H,2,3,4,5)/q+1;;+1;;;;;;;/p-8. The molecular formula is C81H86ClF6I2NO23S6-6. The van der Waals surface area contributed by atoms with E-state index in [1.165, 1.54) is 67.4 Å². The van der Waals surface area contributed by atoms with Gasteiger partial charge in [-0.25, -0.2) is 43.9 Å². The molecule has 0 fully saturated rings. The van der Waals surface area contributed by atoms with Gasteiger partial charge in [-0.05, 0) is 182 Å². The number of hydrogen-bond acceptors (Lipinski definition) is 24. The molecule has 658 valence electrons. The van der Waals surface area contributed by atoms with Gasteiger partial charge >= 0.3 is 54.1 Å². The number of aliphatic carboxylic acids is 2. The Balaban J connectivity index is 0.000000682. The lowest BCUT2D eigenvalue weighted by Gasteiger charge is -2.24. The highest BCUT2D eigenvalue weighted by atomic mass is 127. The number of hydrogen-bond donors (Lipinski definition) is 0. The van der Waals surface area contributed by atoms with Crippen LogP contribution in [0.5, 0.6) is 0 Å². The number of halogens is 9. The number of nitrogens with zero attached hydrogens (tertiary/aromatic N) is 1. The number of rotatable bonds is 12. The Kier molecular flexibility index (Phi) is 43.9. The first kappa shape index (κ1) is 110. The number of benzene rings is 9. The SMILES string of the molecule is CC(C)(C)c1ccc([I+]c2ccc(C(C)(C)C)cc2)cc1.CC(C)c1cc(C(C)C)c(S(=O)(=O)[O-])c(C(C)C)c1.Cc1cc(C)c(S(=O)(=O)[O-])c(C)c1.Cc1ccc([I+]c2ccccc2)cc1.O=C([O-])C(=O)c1ccccc1.O=C([O-])C(F)(F)F.O=S(=O)([O-])C(F)(F)F.O=S([O-])(=S)c1ccccc1.O=S1(=O)N=C([O-])c2ccccc21.[O-][Cl+3]([O-])([O-])[O-]. The van der Waals surface area contributed by atoms with Gasteiger partial charge in [0.2, 0.25) is 5.78 Å². The third-order valence-corrected chi connectivity index (χ3v) is 25.9. The lowest BCUT2D eigenvalue weighted by atomic mass is 9.87. The molecule has 1 aliphatic rings. The van der Waals surface area contributed by atoms with E-state index < -0.39 is 94.7 Å². The quantitative estimate of drug-likeness (QED) is 0.0423. The molecule has 0 aliphatic carbocycles. The fraction of sp³-hybridized carbons (Fsp3) is 0.284. The normalized spacial score (nSPS) is 12.8. The van der Waals surface area contributed by atoms with Crippen molar-refractivity contribution in [3.8, 4) is 0 Å². The average molecular weight is 2040 g/mol. The zero-order valence-electron chi connectivity index (χ0n) is 67.1. The van der Waals surface area contributed by atoms with Crippen molar-refractivity contribution < 1.29 is 183 Å². The number of fused-ring (bicyclic) bond motifs is 1. The summed E-state index contributed by atoms with van der Waals surface area (Å²) in [7, 11) is -26.9. The average Bonchev–Trinajstić information content (AvgIpc) is 1.59. The molecule has 0 spiro atoms. The van der Waals surface area contributed by atoms with Crippen LogP contribution < -0.4 is 76.4 Å². The van der Waals surface area contributed by atoms with Crippen molar-refractivity contribution in [1.82, 2.24) is 0 Å². The molecule has 0 aromatic heterocycles. The van der Waals surface area contributed by atoms with Crippen LogP contribution in [0.2, 0.25) is 0 Å². The molecule has 120 heavy (non-hydrogen) atoms. The molecule has 1 unspecified atom stereocenters. The molecular weight excluding hydrogens is 1950 g/mol. The summed E-state index contributed by atoms with van der Waals surface area (Å²) in [5, 5.41) is 29.8. The zero-order chi connectivity index (χ0) is 92.9. The van der Waals surface area contributed by atoms with Gasteiger partial charge in [0.15, 0.2) is 24.4 Å². The molecule has 0 bridgehead atoms.